The minimum absolute atomic E-state index is 0.248. The van der Waals surface area contributed by atoms with E-state index in [0.29, 0.717) is 26.9 Å². The molecular weight excluding hydrogens is 300 g/mol. The van der Waals surface area contributed by atoms with Crippen molar-refractivity contribution in [1.29, 1.82) is 0 Å². The van der Waals surface area contributed by atoms with Crippen LogP contribution in [0.1, 0.15) is 18.5 Å². The van der Waals surface area contributed by atoms with Gasteiger partial charge in [0.25, 0.3) is 0 Å². The van der Waals surface area contributed by atoms with Gasteiger partial charge >= 0.3 is 0 Å². The zero-order valence-corrected chi connectivity index (χ0v) is 12.6. The monoisotopic (exact) mass is 313 g/mol. The Morgan fingerprint density at radius 1 is 1.10 bits per heavy atom. The second kappa shape index (κ2) is 6.00. The smallest absolute Gasteiger partial charge is 0.138 e. The maximum atomic E-state index is 13.5. The molecule has 1 atom stereocenters. The van der Waals surface area contributed by atoms with Gasteiger partial charge in [0.15, 0.2) is 0 Å². The Morgan fingerprint density at radius 2 is 1.80 bits per heavy atom. The standard InChI is InChI=1S/C15H14Cl2FNO/c1-8(19)10-4-3-9(18)5-11(10)12-6-14(17)15(20-2)7-13(12)16/h3-8H,19H2,1-2H3. The van der Waals surface area contributed by atoms with Gasteiger partial charge in [0.2, 0.25) is 0 Å². The van der Waals surface area contributed by atoms with Crippen LogP contribution in [0.25, 0.3) is 11.1 Å². The summed E-state index contributed by atoms with van der Waals surface area (Å²) in [7, 11) is 1.51. The third-order valence-corrected chi connectivity index (χ3v) is 3.65. The Morgan fingerprint density at radius 3 is 2.40 bits per heavy atom. The summed E-state index contributed by atoms with van der Waals surface area (Å²) >= 11 is 12.4. The molecule has 2 aromatic rings. The molecule has 0 fully saturated rings. The summed E-state index contributed by atoms with van der Waals surface area (Å²) in [6.45, 7) is 1.83. The first-order valence-electron chi connectivity index (χ1n) is 6.02. The third-order valence-electron chi connectivity index (χ3n) is 3.04. The number of ether oxygens (including phenoxy) is 1. The molecule has 0 aromatic heterocycles. The zero-order valence-electron chi connectivity index (χ0n) is 11.1. The maximum Gasteiger partial charge on any atom is 0.138 e. The fourth-order valence-corrected chi connectivity index (χ4v) is 2.55. The molecule has 1 unspecified atom stereocenters. The number of rotatable bonds is 3. The molecule has 106 valence electrons. The Hall–Kier alpha value is -1.29. The first-order valence-corrected chi connectivity index (χ1v) is 6.78. The molecule has 0 aliphatic carbocycles. The molecule has 0 aliphatic heterocycles. The van der Waals surface area contributed by atoms with E-state index < -0.39 is 0 Å². The quantitative estimate of drug-likeness (QED) is 0.881. The van der Waals surface area contributed by atoms with Crippen molar-refractivity contribution in [2.75, 3.05) is 7.11 Å². The Bertz CT molecular complexity index is 644. The number of hydrogen-bond donors (Lipinski definition) is 1. The van der Waals surface area contributed by atoms with Crippen LogP contribution in [0.4, 0.5) is 4.39 Å². The van der Waals surface area contributed by atoms with Crippen LogP contribution in [0.5, 0.6) is 5.75 Å². The van der Waals surface area contributed by atoms with E-state index in [0.717, 1.165) is 5.56 Å². The van der Waals surface area contributed by atoms with Crippen molar-refractivity contribution in [2.45, 2.75) is 13.0 Å². The Kier molecular flexibility index (Phi) is 4.53. The third kappa shape index (κ3) is 2.90. The van der Waals surface area contributed by atoms with Gasteiger partial charge in [-0.1, -0.05) is 29.3 Å². The second-order valence-corrected chi connectivity index (χ2v) is 5.30. The Balaban J connectivity index is 2.68. The fraction of sp³-hybridized carbons (Fsp3) is 0.200. The van der Waals surface area contributed by atoms with E-state index in [1.165, 1.54) is 19.2 Å². The van der Waals surface area contributed by atoms with E-state index in [2.05, 4.69) is 0 Å². The lowest BCUT2D eigenvalue weighted by Crippen LogP contribution is -2.07. The van der Waals surface area contributed by atoms with Crippen molar-refractivity contribution in [1.82, 2.24) is 0 Å². The highest BCUT2D eigenvalue weighted by Gasteiger charge is 2.15. The normalized spacial score (nSPS) is 12.3. The molecule has 2 nitrogen and oxygen atoms in total. The number of halogens is 3. The van der Waals surface area contributed by atoms with E-state index in [4.69, 9.17) is 33.7 Å². The van der Waals surface area contributed by atoms with Gasteiger partial charge in [-0.05, 0) is 36.2 Å². The van der Waals surface area contributed by atoms with Crippen LogP contribution >= 0.6 is 23.2 Å². The minimum atomic E-state index is -0.354. The lowest BCUT2D eigenvalue weighted by atomic mass is 9.95. The topological polar surface area (TPSA) is 35.2 Å². The van der Waals surface area contributed by atoms with Gasteiger partial charge in [0.1, 0.15) is 11.6 Å². The van der Waals surface area contributed by atoms with Crippen LogP contribution < -0.4 is 10.5 Å². The molecule has 0 radical (unpaired) electrons. The second-order valence-electron chi connectivity index (χ2n) is 4.49. The Labute approximate surface area is 127 Å². The molecule has 5 heteroatoms. The van der Waals surface area contributed by atoms with Gasteiger partial charge in [-0.3, -0.25) is 0 Å². The van der Waals surface area contributed by atoms with Crippen molar-refractivity contribution in [3.8, 4) is 16.9 Å². The molecule has 0 heterocycles. The van der Waals surface area contributed by atoms with E-state index >= 15 is 0 Å². The van der Waals surface area contributed by atoms with Crippen LogP contribution in [0.3, 0.4) is 0 Å². The summed E-state index contributed by atoms with van der Waals surface area (Å²) in [5.74, 6) is 0.117. The predicted molar refractivity (Wildman–Crippen MR) is 81.0 cm³/mol. The van der Waals surface area contributed by atoms with Gasteiger partial charge in [-0.2, -0.15) is 0 Å². The largest absolute Gasteiger partial charge is 0.495 e. The fourth-order valence-electron chi connectivity index (χ4n) is 2.05. The summed E-state index contributed by atoms with van der Waals surface area (Å²) in [5, 5.41) is 0.838. The molecular formula is C15H14Cl2FNO. The van der Waals surface area contributed by atoms with E-state index in [9.17, 15) is 4.39 Å². The molecule has 0 saturated carbocycles. The van der Waals surface area contributed by atoms with Crippen LogP contribution in [0, 0.1) is 5.82 Å². The predicted octanol–water partition coefficient (Wildman–Crippen LogP) is 4.83. The van der Waals surface area contributed by atoms with Gasteiger partial charge in [-0.15, -0.1) is 0 Å². The van der Waals surface area contributed by atoms with Crippen LogP contribution in [0.15, 0.2) is 30.3 Å². The van der Waals surface area contributed by atoms with Crippen LogP contribution in [-0.2, 0) is 0 Å². The molecule has 0 bridgehead atoms. The van der Waals surface area contributed by atoms with Gasteiger partial charge < -0.3 is 10.5 Å². The average molecular weight is 314 g/mol. The molecule has 0 spiro atoms. The van der Waals surface area contributed by atoms with Crippen molar-refractivity contribution in [3.05, 3.63) is 51.8 Å². The van der Waals surface area contributed by atoms with Crippen molar-refractivity contribution < 1.29 is 9.13 Å². The SMILES string of the molecule is COc1cc(Cl)c(-c2cc(F)ccc2C(C)N)cc1Cl. The molecule has 0 aliphatic rings. The summed E-state index contributed by atoms with van der Waals surface area (Å²) in [5.41, 5.74) is 7.99. The highest BCUT2D eigenvalue weighted by Crippen LogP contribution is 2.39. The molecule has 2 aromatic carbocycles. The summed E-state index contributed by atoms with van der Waals surface area (Å²) < 4.78 is 18.6. The summed E-state index contributed by atoms with van der Waals surface area (Å²) in [6.07, 6.45) is 0. The highest BCUT2D eigenvalue weighted by atomic mass is 35.5. The number of methoxy groups -OCH3 is 1. The molecule has 20 heavy (non-hydrogen) atoms. The van der Waals surface area contributed by atoms with Crippen molar-refractivity contribution in [2.24, 2.45) is 5.73 Å². The minimum Gasteiger partial charge on any atom is -0.495 e. The highest BCUT2D eigenvalue weighted by molar-refractivity contribution is 6.36. The van der Waals surface area contributed by atoms with E-state index in [-0.39, 0.29) is 11.9 Å². The van der Waals surface area contributed by atoms with E-state index in [1.54, 1.807) is 18.2 Å². The summed E-state index contributed by atoms with van der Waals surface area (Å²) in [6, 6.07) is 7.45. The van der Waals surface area contributed by atoms with Crippen LogP contribution in [-0.4, -0.2) is 7.11 Å². The molecule has 2 N–H and O–H groups in total. The lowest BCUT2D eigenvalue weighted by molar-refractivity contribution is 0.415. The molecule has 0 amide bonds. The van der Waals surface area contributed by atoms with Gasteiger partial charge in [0.05, 0.1) is 17.2 Å². The first-order chi connectivity index (χ1) is 9.43. The zero-order chi connectivity index (χ0) is 14.9. The first kappa shape index (κ1) is 15.1. The summed E-state index contributed by atoms with van der Waals surface area (Å²) in [4.78, 5) is 0. The van der Waals surface area contributed by atoms with Crippen LogP contribution in [0.2, 0.25) is 10.0 Å². The maximum absolute atomic E-state index is 13.5. The van der Waals surface area contributed by atoms with E-state index in [1.807, 2.05) is 6.92 Å². The molecule has 2 rings (SSSR count). The number of nitrogens with two attached hydrogens (primary N) is 1. The molecule has 0 saturated heterocycles. The lowest BCUT2D eigenvalue weighted by Gasteiger charge is -2.15. The van der Waals surface area contributed by atoms with Crippen molar-refractivity contribution >= 4 is 23.2 Å². The number of benzene rings is 2. The van der Waals surface area contributed by atoms with Gasteiger partial charge in [-0.25, -0.2) is 4.39 Å². The van der Waals surface area contributed by atoms with Gasteiger partial charge in [0, 0.05) is 17.7 Å². The number of hydrogen-bond acceptors (Lipinski definition) is 2. The van der Waals surface area contributed by atoms with Crippen molar-refractivity contribution in [3.63, 3.8) is 0 Å². The average Bonchev–Trinajstić information content (AvgIpc) is 2.40.